The van der Waals surface area contributed by atoms with Gasteiger partial charge in [0.15, 0.2) is 0 Å². The van der Waals surface area contributed by atoms with E-state index >= 15 is 0 Å². The van der Waals surface area contributed by atoms with Crippen molar-refractivity contribution < 1.29 is 28.7 Å². The van der Waals surface area contributed by atoms with Crippen LogP contribution in [0.5, 0.6) is 5.75 Å². The Kier molecular flexibility index (Phi) is 10.6. The number of anilines is 1. The largest absolute Gasteiger partial charge is 0.490 e. The number of nitriles is 1. The second kappa shape index (κ2) is 15.7. The van der Waals surface area contributed by atoms with Gasteiger partial charge in [0.2, 0.25) is 5.91 Å². The number of primary amides is 1. The van der Waals surface area contributed by atoms with Gasteiger partial charge >= 0.3 is 0 Å². The van der Waals surface area contributed by atoms with E-state index in [2.05, 4.69) is 14.9 Å². The summed E-state index contributed by atoms with van der Waals surface area (Å²) in [6.07, 6.45) is 8.36. The molecule has 2 aliphatic carbocycles. The van der Waals surface area contributed by atoms with E-state index in [-0.39, 0.29) is 42.5 Å². The number of hydrogen-bond donors (Lipinski definition) is 1. The molecule has 2 saturated carbocycles. The number of piperazine rings is 1. The maximum atomic E-state index is 14.0. The van der Waals surface area contributed by atoms with Gasteiger partial charge in [0.05, 0.1) is 33.9 Å². The summed E-state index contributed by atoms with van der Waals surface area (Å²) in [5, 5.41) is 13.8. The number of piperidine rings is 1. The first kappa shape index (κ1) is 37.7. The van der Waals surface area contributed by atoms with E-state index in [9.17, 15) is 24.0 Å². The summed E-state index contributed by atoms with van der Waals surface area (Å²) in [4.78, 5) is 73.3. The molecule has 1 unspecified atom stereocenters. The van der Waals surface area contributed by atoms with Crippen molar-refractivity contribution in [3.8, 4) is 11.8 Å². The molecule has 14 nitrogen and oxygen atoms in total. The number of fused-ring (bicyclic) bond motifs is 1. The zero-order chi connectivity index (χ0) is 39.1. The first-order chi connectivity index (χ1) is 27.1. The number of halogens is 1. The van der Waals surface area contributed by atoms with Gasteiger partial charge in [0, 0.05) is 63.1 Å². The fourth-order valence-electron chi connectivity index (χ4n) is 9.23. The van der Waals surface area contributed by atoms with Crippen LogP contribution < -0.4 is 15.4 Å². The zero-order valence-corrected chi connectivity index (χ0v) is 31.9. The number of likely N-dealkylation sites (tertiary alicyclic amines) is 1. The van der Waals surface area contributed by atoms with Gasteiger partial charge in [-0.1, -0.05) is 11.6 Å². The van der Waals surface area contributed by atoms with E-state index in [4.69, 9.17) is 27.3 Å². The van der Waals surface area contributed by atoms with E-state index in [0.717, 1.165) is 69.0 Å². The van der Waals surface area contributed by atoms with Gasteiger partial charge in [-0.25, -0.2) is 0 Å². The average Bonchev–Trinajstić information content (AvgIpc) is 3.79. The molecule has 0 spiro atoms. The highest BCUT2D eigenvalue weighted by atomic mass is 35.5. The Hall–Kier alpha value is -5.26. The Labute approximate surface area is 330 Å². The number of ether oxygens (including phenoxy) is 1. The Morgan fingerprint density at radius 1 is 0.839 bits per heavy atom. The van der Waals surface area contributed by atoms with Crippen molar-refractivity contribution in [2.75, 3.05) is 37.6 Å². The molecule has 2 aromatic carbocycles. The van der Waals surface area contributed by atoms with Gasteiger partial charge in [0.1, 0.15) is 23.6 Å². The maximum absolute atomic E-state index is 14.0. The van der Waals surface area contributed by atoms with Crippen molar-refractivity contribution in [2.45, 2.75) is 88.4 Å². The van der Waals surface area contributed by atoms with Gasteiger partial charge < -0.3 is 15.4 Å². The van der Waals surface area contributed by atoms with Crippen molar-refractivity contribution in [3.63, 3.8) is 0 Å². The van der Waals surface area contributed by atoms with E-state index in [1.54, 1.807) is 36.4 Å². The molecule has 4 fully saturated rings. The summed E-state index contributed by atoms with van der Waals surface area (Å²) in [5.74, 6) is -1.13. The van der Waals surface area contributed by atoms with Crippen molar-refractivity contribution in [1.82, 2.24) is 24.5 Å². The number of imide groups is 2. The highest BCUT2D eigenvalue weighted by Crippen LogP contribution is 2.36. The molecule has 1 atom stereocenters. The minimum absolute atomic E-state index is 0.0725. The molecule has 5 aliphatic rings. The van der Waals surface area contributed by atoms with Gasteiger partial charge in [-0.3, -0.25) is 43.4 Å². The summed E-state index contributed by atoms with van der Waals surface area (Å²) >= 11 is 6.17. The standard InChI is InChI=1S/C41H45ClN8O6/c42-34-22-31(9-3-26(34)23-43)56-30-10-6-28(7-11-30)49-37(51)14-13-36(41(49)55)50-39(53)32-12-8-29(21-33(32)40(50)54)47-19-17-46(18-20-47)24-25-1-4-27(5-2-25)48-16-15-35(45-48)38(44)52/h3,8-9,12,15-16,21-22,25,27-28,30,36H,1-2,4-7,10-11,13-14,17-20,24H2,(H2,44,52). The Bertz CT molecular complexity index is 2090. The number of nitrogens with two attached hydrogens (primary N) is 1. The molecule has 2 N–H and O–H groups in total. The number of rotatable bonds is 9. The Morgan fingerprint density at radius 2 is 1.55 bits per heavy atom. The molecular weight excluding hydrogens is 736 g/mol. The smallest absolute Gasteiger partial charge is 0.269 e. The number of carbonyl (C=O) groups excluding carboxylic acids is 5. The summed E-state index contributed by atoms with van der Waals surface area (Å²) in [7, 11) is 0. The first-order valence-electron chi connectivity index (χ1n) is 19.6. The second-order valence-corrected chi connectivity index (χ2v) is 16.1. The van der Waals surface area contributed by atoms with Crippen LogP contribution in [0, 0.1) is 17.2 Å². The molecular formula is C41H45ClN8O6. The Balaban J connectivity index is 0.842. The van der Waals surface area contributed by atoms with E-state index in [0.29, 0.717) is 59.2 Å². The lowest BCUT2D eigenvalue weighted by Crippen LogP contribution is -2.59. The van der Waals surface area contributed by atoms with Crippen molar-refractivity contribution in [2.24, 2.45) is 11.7 Å². The van der Waals surface area contributed by atoms with E-state index < -0.39 is 29.7 Å². The maximum Gasteiger partial charge on any atom is 0.269 e. The van der Waals surface area contributed by atoms with Crippen molar-refractivity contribution in [1.29, 1.82) is 5.26 Å². The van der Waals surface area contributed by atoms with Crippen LogP contribution in [-0.2, 0) is 9.59 Å². The van der Waals surface area contributed by atoms with Crippen LogP contribution in [0.1, 0.15) is 107 Å². The minimum atomic E-state index is -1.04. The first-order valence-corrected chi connectivity index (χ1v) is 20.0. The van der Waals surface area contributed by atoms with Crippen LogP contribution in [0.25, 0.3) is 0 Å². The summed E-state index contributed by atoms with van der Waals surface area (Å²) in [6, 6.07) is 12.9. The Morgan fingerprint density at radius 3 is 2.23 bits per heavy atom. The molecule has 5 amide bonds. The van der Waals surface area contributed by atoms with Crippen LogP contribution in [0.4, 0.5) is 5.69 Å². The topological polar surface area (TPSA) is 175 Å². The fraction of sp³-hybridized carbons (Fsp3) is 0.488. The summed E-state index contributed by atoms with van der Waals surface area (Å²) in [6.45, 7) is 4.37. The molecule has 2 saturated heterocycles. The third kappa shape index (κ3) is 7.37. The molecule has 8 rings (SSSR count). The van der Waals surface area contributed by atoms with Crippen molar-refractivity contribution >= 4 is 46.8 Å². The van der Waals surface area contributed by atoms with E-state index in [1.807, 2.05) is 23.0 Å². The second-order valence-electron chi connectivity index (χ2n) is 15.7. The lowest BCUT2D eigenvalue weighted by Gasteiger charge is -2.41. The number of nitrogens with zero attached hydrogens (tertiary/aromatic N) is 7. The monoisotopic (exact) mass is 780 g/mol. The third-order valence-corrected chi connectivity index (χ3v) is 12.6. The normalized spacial score (nSPS) is 26.0. The molecule has 1 aromatic heterocycles. The van der Waals surface area contributed by atoms with E-state index in [1.165, 1.54) is 4.90 Å². The lowest BCUT2D eigenvalue weighted by molar-refractivity contribution is -0.155. The van der Waals surface area contributed by atoms with Crippen molar-refractivity contribution in [3.05, 3.63) is 76.1 Å². The fourth-order valence-corrected chi connectivity index (χ4v) is 9.44. The molecule has 15 heteroatoms. The van der Waals surface area contributed by atoms with Gasteiger partial charge in [0.25, 0.3) is 23.6 Å². The molecule has 0 bridgehead atoms. The quantitative estimate of drug-likeness (QED) is 0.303. The lowest BCUT2D eigenvalue weighted by atomic mass is 9.85. The molecule has 3 aliphatic heterocycles. The SMILES string of the molecule is N#Cc1ccc(OC2CCC(N3C(=O)CCC(N4C(=O)c5ccc(N6CCN(CC7CCC(n8ccc(C(N)=O)n8)CC7)CC6)cc5C4=O)C3=O)CC2)cc1Cl. The molecule has 0 radical (unpaired) electrons. The van der Waals surface area contributed by atoms with Crippen LogP contribution in [-0.4, -0.2) is 105 Å². The van der Waals surface area contributed by atoms with Crippen LogP contribution in [0.2, 0.25) is 5.02 Å². The molecule has 56 heavy (non-hydrogen) atoms. The third-order valence-electron chi connectivity index (χ3n) is 12.3. The van der Waals surface area contributed by atoms with Gasteiger partial charge in [-0.05, 0) is 100 Å². The number of benzene rings is 2. The number of carbonyl (C=O) groups is 5. The predicted molar refractivity (Wildman–Crippen MR) is 205 cm³/mol. The highest BCUT2D eigenvalue weighted by Gasteiger charge is 2.49. The van der Waals surface area contributed by atoms with Gasteiger partial charge in [-0.2, -0.15) is 10.4 Å². The average molecular weight is 781 g/mol. The van der Waals surface area contributed by atoms with Crippen LogP contribution in [0.15, 0.2) is 48.7 Å². The number of amides is 5. The minimum Gasteiger partial charge on any atom is -0.490 e. The highest BCUT2D eigenvalue weighted by molar-refractivity contribution is 6.31. The molecule has 3 aromatic rings. The number of aromatic nitrogens is 2. The molecule has 4 heterocycles. The van der Waals surface area contributed by atoms with Crippen LogP contribution >= 0.6 is 11.6 Å². The van der Waals surface area contributed by atoms with Crippen LogP contribution in [0.3, 0.4) is 0 Å². The zero-order valence-electron chi connectivity index (χ0n) is 31.1. The molecule has 292 valence electrons. The predicted octanol–water partition coefficient (Wildman–Crippen LogP) is 4.56. The number of hydrogen-bond acceptors (Lipinski definition) is 10. The van der Waals surface area contributed by atoms with Gasteiger partial charge in [-0.15, -0.1) is 0 Å². The summed E-state index contributed by atoms with van der Waals surface area (Å²) in [5.41, 5.74) is 7.49. The summed E-state index contributed by atoms with van der Waals surface area (Å²) < 4.78 is 7.99.